The summed E-state index contributed by atoms with van der Waals surface area (Å²) in [4.78, 5) is 16.2. The highest BCUT2D eigenvalue weighted by molar-refractivity contribution is 5.93. The van der Waals surface area contributed by atoms with Crippen molar-refractivity contribution in [3.63, 3.8) is 0 Å². The van der Waals surface area contributed by atoms with Crippen LogP contribution >= 0.6 is 0 Å². The number of para-hydroxylation sites is 1. The van der Waals surface area contributed by atoms with Crippen molar-refractivity contribution in [2.24, 2.45) is 0 Å². The highest BCUT2D eigenvalue weighted by Crippen LogP contribution is 2.13. The second kappa shape index (κ2) is 7.82. The van der Waals surface area contributed by atoms with Crippen LogP contribution in [0.25, 0.3) is 0 Å². The van der Waals surface area contributed by atoms with E-state index in [-0.39, 0.29) is 11.9 Å². The van der Waals surface area contributed by atoms with E-state index in [1.165, 1.54) is 10.6 Å². The van der Waals surface area contributed by atoms with E-state index in [2.05, 4.69) is 40.6 Å². The largest absolute Gasteiger partial charge is 0.360 e. The van der Waals surface area contributed by atoms with Gasteiger partial charge in [-0.3, -0.25) is 4.79 Å². The highest BCUT2D eigenvalue weighted by Gasteiger charge is 2.29. The fourth-order valence-electron chi connectivity index (χ4n) is 3.19. The molecule has 128 valence electrons. The standard InChI is InChI=1S/C20H22N4O/c1-16(20(25)22-18-9-7-17(15-21)8-10-18)23-11-13-24(14-12-23)19-5-3-2-4-6-19/h2-10,16H,11-14H2,1H3,(H,22,25)/p+1/t16-/m0/s1. The number of nitrogens with zero attached hydrogens (tertiary/aromatic N) is 2. The minimum Gasteiger partial charge on any atom is -0.360 e. The molecule has 0 unspecified atom stereocenters. The van der Waals surface area contributed by atoms with Crippen molar-refractivity contribution >= 4 is 17.3 Å². The molecule has 0 bridgehead atoms. The van der Waals surface area contributed by atoms with E-state index in [9.17, 15) is 4.79 Å². The zero-order valence-electron chi connectivity index (χ0n) is 14.4. The molecule has 5 heteroatoms. The molecular formula is C20H23N4O+. The Balaban J connectivity index is 1.54. The molecule has 1 aliphatic heterocycles. The molecule has 1 aliphatic rings. The summed E-state index contributed by atoms with van der Waals surface area (Å²) in [6.45, 7) is 5.77. The Hall–Kier alpha value is -2.84. The maximum Gasteiger partial charge on any atom is 0.282 e. The number of carbonyl (C=O) groups excluding carboxylic acids is 1. The summed E-state index contributed by atoms with van der Waals surface area (Å²) in [6.07, 6.45) is 0. The van der Waals surface area contributed by atoms with Crippen molar-refractivity contribution in [3.8, 4) is 6.07 Å². The molecule has 25 heavy (non-hydrogen) atoms. The number of amides is 1. The Bertz CT molecular complexity index is 744. The molecule has 2 N–H and O–H groups in total. The van der Waals surface area contributed by atoms with Crippen molar-refractivity contribution in [2.75, 3.05) is 36.4 Å². The first kappa shape index (κ1) is 17.0. The van der Waals surface area contributed by atoms with Gasteiger partial charge in [0, 0.05) is 11.4 Å². The van der Waals surface area contributed by atoms with Crippen molar-refractivity contribution in [3.05, 3.63) is 60.2 Å². The maximum absolute atomic E-state index is 12.5. The number of rotatable bonds is 4. The fourth-order valence-corrected chi connectivity index (χ4v) is 3.19. The van der Waals surface area contributed by atoms with E-state index < -0.39 is 0 Å². The van der Waals surface area contributed by atoms with Gasteiger partial charge in [-0.2, -0.15) is 5.26 Å². The van der Waals surface area contributed by atoms with Crippen molar-refractivity contribution in [2.45, 2.75) is 13.0 Å². The molecule has 0 aliphatic carbocycles. The van der Waals surface area contributed by atoms with Crippen LogP contribution in [0, 0.1) is 11.3 Å². The summed E-state index contributed by atoms with van der Waals surface area (Å²) in [7, 11) is 0. The number of hydrogen-bond acceptors (Lipinski definition) is 3. The molecule has 2 aromatic carbocycles. The Labute approximate surface area is 148 Å². The van der Waals surface area contributed by atoms with Crippen LogP contribution in [-0.4, -0.2) is 38.1 Å². The van der Waals surface area contributed by atoms with Gasteiger partial charge in [0.25, 0.3) is 5.91 Å². The first-order valence-electron chi connectivity index (χ1n) is 8.63. The van der Waals surface area contributed by atoms with Gasteiger partial charge in [-0.25, -0.2) is 0 Å². The summed E-state index contributed by atoms with van der Waals surface area (Å²) in [5.74, 6) is 0.0212. The molecule has 1 amide bonds. The number of hydrogen-bond donors (Lipinski definition) is 2. The van der Waals surface area contributed by atoms with Gasteiger partial charge in [-0.1, -0.05) is 18.2 Å². The average molecular weight is 335 g/mol. The molecule has 3 rings (SSSR count). The second-order valence-electron chi connectivity index (χ2n) is 6.38. The van der Waals surface area contributed by atoms with E-state index in [1.807, 2.05) is 13.0 Å². The number of quaternary nitrogens is 1. The quantitative estimate of drug-likeness (QED) is 0.885. The topological polar surface area (TPSA) is 60.6 Å². The smallest absolute Gasteiger partial charge is 0.282 e. The first-order chi connectivity index (χ1) is 12.2. The lowest BCUT2D eigenvalue weighted by Crippen LogP contribution is -3.19. The Morgan fingerprint density at radius 1 is 1.12 bits per heavy atom. The lowest BCUT2D eigenvalue weighted by molar-refractivity contribution is -0.914. The van der Waals surface area contributed by atoms with E-state index in [0.29, 0.717) is 5.56 Å². The predicted octanol–water partition coefficient (Wildman–Crippen LogP) is 1.29. The van der Waals surface area contributed by atoms with Gasteiger partial charge in [0.15, 0.2) is 6.04 Å². The number of nitriles is 1. The maximum atomic E-state index is 12.5. The predicted molar refractivity (Wildman–Crippen MR) is 98.6 cm³/mol. The molecule has 1 fully saturated rings. The molecule has 1 atom stereocenters. The summed E-state index contributed by atoms with van der Waals surface area (Å²) < 4.78 is 0. The number of carbonyl (C=O) groups is 1. The Morgan fingerprint density at radius 2 is 1.76 bits per heavy atom. The van der Waals surface area contributed by atoms with Gasteiger partial charge in [-0.05, 0) is 43.3 Å². The van der Waals surface area contributed by atoms with Crippen LogP contribution in [0.4, 0.5) is 11.4 Å². The number of anilines is 2. The monoisotopic (exact) mass is 335 g/mol. The van der Waals surface area contributed by atoms with Crippen LogP contribution in [0.3, 0.4) is 0 Å². The van der Waals surface area contributed by atoms with E-state index in [4.69, 9.17) is 5.26 Å². The highest BCUT2D eigenvalue weighted by atomic mass is 16.2. The van der Waals surface area contributed by atoms with E-state index >= 15 is 0 Å². The van der Waals surface area contributed by atoms with Crippen LogP contribution in [0.1, 0.15) is 12.5 Å². The molecule has 5 nitrogen and oxygen atoms in total. The van der Waals surface area contributed by atoms with Gasteiger partial charge in [0.1, 0.15) is 0 Å². The fraction of sp³-hybridized carbons (Fsp3) is 0.300. The molecule has 0 saturated carbocycles. The third kappa shape index (κ3) is 4.17. The Morgan fingerprint density at radius 3 is 2.36 bits per heavy atom. The minimum absolute atomic E-state index is 0.0212. The van der Waals surface area contributed by atoms with Gasteiger partial charge < -0.3 is 15.1 Å². The second-order valence-corrected chi connectivity index (χ2v) is 6.38. The number of piperazine rings is 1. The molecule has 0 radical (unpaired) electrons. The van der Waals surface area contributed by atoms with Crippen LogP contribution in [-0.2, 0) is 4.79 Å². The summed E-state index contributed by atoms with van der Waals surface area (Å²) in [5.41, 5.74) is 2.57. The van der Waals surface area contributed by atoms with Crippen LogP contribution < -0.4 is 15.1 Å². The van der Waals surface area contributed by atoms with Crippen molar-refractivity contribution in [1.82, 2.24) is 0 Å². The van der Waals surface area contributed by atoms with Gasteiger partial charge >= 0.3 is 0 Å². The minimum atomic E-state index is -0.103. The summed E-state index contributed by atoms with van der Waals surface area (Å²) >= 11 is 0. The third-order valence-corrected chi connectivity index (χ3v) is 4.81. The molecule has 0 aromatic heterocycles. The zero-order chi connectivity index (χ0) is 17.6. The zero-order valence-corrected chi connectivity index (χ0v) is 14.4. The van der Waals surface area contributed by atoms with Gasteiger partial charge in [-0.15, -0.1) is 0 Å². The summed E-state index contributed by atoms with van der Waals surface area (Å²) in [6, 6.07) is 19.3. The Kier molecular flexibility index (Phi) is 5.32. The first-order valence-corrected chi connectivity index (χ1v) is 8.63. The van der Waals surface area contributed by atoms with Crippen LogP contribution in [0.5, 0.6) is 0 Å². The number of benzene rings is 2. The van der Waals surface area contributed by atoms with E-state index in [1.54, 1.807) is 24.3 Å². The molecule has 2 aromatic rings. The van der Waals surface area contributed by atoms with Crippen LogP contribution in [0.15, 0.2) is 54.6 Å². The van der Waals surface area contributed by atoms with Gasteiger partial charge in [0.05, 0.1) is 37.8 Å². The van der Waals surface area contributed by atoms with E-state index in [0.717, 1.165) is 31.9 Å². The SMILES string of the molecule is C[C@@H](C(=O)Nc1ccc(C#N)cc1)[NH+]1CCN(c2ccccc2)CC1. The lowest BCUT2D eigenvalue weighted by atomic mass is 10.2. The van der Waals surface area contributed by atoms with Gasteiger partial charge in [0.2, 0.25) is 0 Å². The molecule has 0 spiro atoms. The molecule has 1 saturated heterocycles. The normalized spacial score (nSPS) is 16.1. The average Bonchev–Trinajstić information content (AvgIpc) is 2.69. The third-order valence-electron chi connectivity index (χ3n) is 4.81. The van der Waals surface area contributed by atoms with Crippen molar-refractivity contribution in [1.29, 1.82) is 5.26 Å². The number of nitrogens with one attached hydrogen (secondary N) is 2. The summed E-state index contributed by atoms with van der Waals surface area (Å²) in [5, 5.41) is 11.8. The molecule has 1 heterocycles. The van der Waals surface area contributed by atoms with Crippen molar-refractivity contribution < 1.29 is 9.69 Å². The van der Waals surface area contributed by atoms with Crippen LogP contribution in [0.2, 0.25) is 0 Å². The lowest BCUT2D eigenvalue weighted by Gasteiger charge is -2.36. The molecular weight excluding hydrogens is 312 g/mol.